The maximum atomic E-state index is 9.92. The molecule has 0 aliphatic carbocycles. The molecule has 0 rings (SSSR count). The van der Waals surface area contributed by atoms with E-state index in [0.717, 1.165) is 19.3 Å². The summed E-state index contributed by atoms with van der Waals surface area (Å²) in [5.74, 6) is 0. The van der Waals surface area contributed by atoms with Gasteiger partial charge in [0.05, 0.1) is 12.7 Å². The third-order valence-corrected chi connectivity index (χ3v) is 10.9. The molecular formula is C19H40O2Si. The van der Waals surface area contributed by atoms with Crippen LogP contribution < -0.4 is 0 Å². The van der Waals surface area contributed by atoms with Crippen LogP contribution in [0.3, 0.4) is 0 Å². The molecule has 3 heteroatoms. The number of unbranched alkanes of at least 4 members (excludes halogenated alkanes) is 2. The first kappa shape index (κ1) is 21.9. The maximum Gasteiger partial charge on any atom is 0.200 e. The van der Waals surface area contributed by atoms with Crippen molar-refractivity contribution < 1.29 is 9.53 Å². The second-order valence-electron chi connectivity index (χ2n) is 7.49. The van der Waals surface area contributed by atoms with Crippen LogP contribution in [0.2, 0.25) is 16.6 Å². The first-order chi connectivity index (χ1) is 10.3. The Hall–Kier alpha value is -0.123. The van der Waals surface area contributed by atoms with E-state index in [-0.39, 0.29) is 6.10 Å². The van der Waals surface area contributed by atoms with Gasteiger partial charge in [0.25, 0.3) is 0 Å². The van der Waals surface area contributed by atoms with Crippen LogP contribution in [0, 0.1) is 0 Å². The number of rotatable bonds is 12. The second-order valence-corrected chi connectivity index (χ2v) is 12.9. The topological polar surface area (TPSA) is 29.5 Å². The smallest absolute Gasteiger partial charge is 0.200 e. The molecule has 0 radical (unpaired) electrons. The molecule has 0 saturated heterocycles. The average Bonchev–Trinajstić information content (AvgIpc) is 2.41. The van der Waals surface area contributed by atoms with Crippen molar-refractivity contribution in [1.29, 1.82) is 0 Å². The maximum absolute atomic E-state index is 9.92. The van der Waals surface area contributed by atoms with E-state index in [1.54, 1.807) is 0 Å². The molecule has 1 atom stereocenters. The van der Waals surface area contributed by atoms with Gasteiger partial charge in [-0.15, -0.1) is 0 Å². The normalized spacial score (nSPS) is 14.7. The monoisotopic (exact) mass is 328 g/mol. The molecular weight excluding hydrogens is 288 g/mol. The van der Waals surface area contributed by atoms with E-state index in [0.29, 0.717) is 23.2 Å². The van der Waals surface area contributed by atoms with E-state index in [1.165, 1.54) is 12.8 Å². The fourth-order valence-electron chi connectivity index (χ4n) is 3.76. The van der Waals surface area contributed by atoms with E-state index in [1.807, 2.05) is 0 Å². The van der Waals surface area contributed by atoms with Crippen molar-refractivity contribution >= 4 is 8.32 Å². The van der Waals surface area contributed by atoms with Crippen molar-refractivity contribution in [2.75, 3.05) is 6.61 Å². The van der Waals surface area contributed by atoms with Gasteiger partial charge in [-0.1, -0.05) is 79.9 Å². The minimum atomic E-state index is -1.74. The minimum absolute atomic E-state index is 0.190. The summed E-state index contributed by atoms with van der Waals surface area (Å²) in [6, 6.07) is 0. The van der Waals surface area contributed by atoms with Gasteiger partial charge in [0, 0.05) is 0 Å². The molecule has 0 aromatic heterocycles. The predicted octanol–water partition coefficient (Wildman–Crippen LogP) is 6.07. The Balaban J connectivity index is 4.31. The zero-order valence-corrected chi connectivity index (χ0v) is 17.1. The van der Waals surface area contributed by atoms with Crippen molar-refractivity contribution in [3.05, 3.63) is 12.2 Å². The Bertz CT molecular complexity index is 276. The summed E-state index contributed by atoms with van der Waals surface area (Å²) in [6.45, 7) is 16.8. The van der Waals surface area contributed by atoms with Gasteiger partial charge in [-0.2, -0.15) is 0 Å². The van der Waals surface area contributed by atoms with Gasteiger partial charge in [0.2, 0.25) is 8.32 Å². The highest BCUT2D eigenvalue weighted by Gasteiger charge is 2.44. The quantitative estimate of drug-likeness (QED) is 0.268. The standard InChI is InChI=1S/C19H40O2Si/c1-8-9-10-13-19(20)14-11-12-15-21-22(16(2)3,17(4)5)18(6)7/h11-12,16-20H,8-10,13-15H2,1-7H3/b12-11-/t19-/m1/s1. The summed E-state index contributed by atoms with van der Waals surface area (Å²) in [6.07, 6.45) is 9.25. The van der Waals surface area contributed by atoms with Crippen molar-refractivity contribution in [3.8, 4) is 0 Å². The molecule has 0 aromatic carbocycles. The van der Waals surface area contributed by atoms with Crippen molar-refractivity contribution in [3.63, 3.8) is 0 Å². The van der Waals surface area contributed by atoms with Crippen LogP contribution in [-0.2, 0) is 4.43 Å². The fraction of sp³-hybridized carbons (Fsp3) is 0.895. The lowest BCUT2D eigenvalue weighted by atomic mass is 10.1. The predicted molar refractivity (Wildman–Crippen MR) is 101 cm³/mol. The van der Waals surface area contributed by atoms with Gasteiger partial charge < -0.3 is 9.53 Å². The van der Waals surface area contributed by atoms with E-state index in [4.69, 9.17) is 4.43 Å². The Kier molecular flexibility index (Phi) is 11.4. The molecule has 1 N–H and O–H groups in total. The molecule has 22 heavy (non-hydrogen) atoms. The van der Waals surface area contributed by atoms with Gasteiger partial charge >= 0.3 is 0 Å². The van der Waals surface area contributed by atoms with Crippen LogP contribution in [0.5, 0.6) is 0 Å². The molecule has 0 aliphatic rings. The molecule has 0 saturated carbocycles. The zero-order valence-electron chi connectivity index (χ0n) is 16.1. The molecule has 0 amide bonds. The lowest BCUT2D eigenvalue weighted by Crippen LogP contribution is -2.47. The molecule has 0 bridgehead atoms. The first-order valence-corrected chi connectivity index (χ1v) is 11.4. The SMILES string of the molecule is CCCCC[C@@H](O)C/C=C\CO[Si](C(C)C)(C(C)C)C(C)C. The summed E-state index contributed by atoms with van der Waals surface area (Å²) in [5, 5.41) is 9.92. The van der Waals surface area contributed by atoms with Crippen molar-refractivity contribution in [1.82, 2.24) is 0 Å². The van der Waals surface area contributed by atoms with Crippen LogP contribution in [-0.4, -0.2) is 26.1 Å². The molecule has 2 nitrogen and oxygen atoms in total. The Morgan fingerprint density at radius 1 is 0.909 bits per heavy atom. The molecule has 0 heterocycles. The number of aliphatic hydroxyl groups excluding tert-OH is 1. The molecule has 0 aliphatic heterocycles. The van der Waals surface area contributed by atoms with Gasteiger partial charge in [-0.05, 0) is 29.5 Å². The Morgan fingerprint density at radius 3 is 1.91 bits per heavy atom. The summed E-state index contributed by atoms with van der Waals surface area (Å²) in [4.78, 5) is 0. The van der Waals surface area contributed by atoms with Crippen LogP contribution in [0.4, 0.5) is 0 Å². The Labute approximate surface area is 140 Å². The van der Waals surface area contributed by atoms with E-state index < -0.39 is 8.32 Å². The Morgan fingerprint density at radius 2 is 1.45 bits per heavy atom. The van der Waals surface area contributed by atoms with Crippen molar-refractivity contribution in [2.45, 2.75) is 103 Å². The van der Waals surface area contributed by atoms with Crippen LogP contribution >= 0.6 is 0 Å². The first-order valence-electron chi connectivity index (χ1n) is 9.25. The molecule has 132 valence electrons. The highest BCUT2D eigenvalue weighted by Crippen LogP contribution is 2.42. The average molecular weight is 329 g/mol. The molecule has 0 unspecified atom stereocenters. The van der Waals surface area contributed by atoms with Crippen LogP contribution in [0.25, 0.3) is 0 Å². The minimum Gasteiger partial charge on any atom is -0.412 e. The lowest BCUT2D eigenvalue weighted by Gasteiger charge is -2.41. The van der Waals surface area contributed by atoms with E-state index >= 15 is 0 Å². The zero-order chi connectivity index (χ0) is 17.2. The molecule has 0 fully saturated rings. The summed E-state index contributed by atoms with van der Waals surface area (Å²) in [7, 11) is -1.74. The molecule has 0 aromatic rings. The summed E-state index contributed by atoms with van der Waals surface area (Å²) >= 11 is 0. The van der Waals surface area contributed by atoms with Gasteiger partial charge in [0.15, 0.2) is 0 Å². The van der Waals surface area contributed by atoms with E-state index in [2.05, 4.69) is 60.6 Å². The lowest BCUT2D eigenvalue weighted by molar-refractivity contribution is 0.164. The number of hydrogen-bond acceptors (Lipinski definition) is 2. The number of aliphatic hydroxyl groups is 1. The van der Waals surface area contributed by atoms with Crippen LogP contribution in [0.1, 0.15) is 80.6 Å². The van der Waals surface area contributed by atoms with Gasteiger partial charge in [-0.3, -0.25) is 0 Å². The summed E-state index contributed by atoms with van der Waals surface area (Å²) in [5.41, 5.74) is 1.88. The van der Waals surface area contributed by atoms with Crippen molar-refractivity contribution in [2.24, 2.45) is 0 Å². The van der Waals surface area contributed by atoms with Crippen LogP contribution in [0.15, 0.2) is 12.2 Å². The largest absolute Gasteiger partial charge is 0.412 e. The molecule has 0 spiro atoms. The third-order valence-electron chi connectivity index (χ3n) is 4.85. The van der Waals surface area contributed by atoms with Gasteiger partial charge in [-0.25, -0.2) is 0 Å². The highest BCUT2D eigenvalue weighted by atomic mass is 28.4. The number of hydrogen-bond donors (Lipinski definition) is 1. The van der Waals surface area contributed by atoms with Gasteiger partial charge in [0.1, 0.15) is 0 Å². The second kappa shape index (κ2) is 11.4. The summed E-state index contributed by atoms with van der Waals surface area (Å²) < 4.78 is 6.46. The highest BCUT2D eigenvalue weighted by molar-refractivity contribution is 6.77. The fourth-order valence-corrected chi connectivity index (χ4v) is 9.15. The third kappa shape index (κ3) is 6.97. The van der Waals surface area contributed by atoms with E-state index in [9.17, 15) is 5.11 Å².